The molecule has 0 bridgehead atoms. The summed E-state index contributed by atoms with van der Waals surface area (Å²) in [5.41, 5.74) is 2.93. The van der Waals surface area contributed by atoms with Crippen LogP contribution in [0.15, 0.2) is 72.9 Å². The molecule has 4 heteroatoms. The van der Waals surface area contributed by atoms with Gasteiger partial charge in [0.05, 0.1) is 18.4 Å². The Bertz CT molecular complexity index is 1270. The van der Waals surface area contributed by atoms with E-state index >= 15 is 0 Å². The number of rotatable bonds is 5. The molecule has 4 aromatic rings. The molecule has 1 heterocycles. The summed E-state index contributed by atoms with van der Waals surface area (Å²) in [6, 6.07) is 19.1. The number of hydrogen-bond acceptors (Lipinski definition) is 2. The number of nitrogens with zero attached hydrogens (tertiary/aromatic N) is 1. The summed E-state index contributed by atoms with van der Waals surface area (Å²) < 4.78 is 33.2. The monoisotopic (exact) mass is 413 g/mol. The highest BCUT2D eigenvalue weighted by Gasteiger charge is 2.04. The Morgan fingerprint density at radius 3 is 2.45 bits per heavy atom. The molecule has 0 fully saturated rings. The molecular weight excluding hydrogens is 392 g/mol. The maximum atomic E-state index is 14.5. The highest BCUT2D eigenvalue weighted by molar-refractivity contribution is 5.84. The summed E-state index contributed by atoms with van der Waals surface area (Å²) in [5, 5.41) is 1.70. The van der Waals surface area contributed by atoms with Gasteiger partial charge in [-0.1, -0.05) is 30.0 Å². The van der Waals surface area contributed by atoms with Crippen molar-refractivity contribution in [2.75, 3.05) is 6.61 Å². The number of fused-ring (bicyclic) bond motifs is 1. The molecule has 0 N–H and O–H groups in total. The zero-order valence-electron chi connectivity index (χ0n) is 17.2. The van der Waals surface area contributed by atoms with Crippen LogP contribution < -0.4 is 4.74 Å². The van der Waals surface area contributed by atoms with E-state index in [-0.39, 0.29) is 11.6 Å². The van der Waals surface area contributed by atoms with Gasteiger partial charge in [0.15, 0.2) is 0 Å². The lowest BCUT2D eigenvalue weighted by Gasteiger charge is -2.05. The van der Waals surface area contributed by atoms with Gasteiger partial charge in [-0.3, -0.25) is 4.98 Å². The zero-order chi connectivity index (χ0) is 21.6. The van der Waals surface area contributed by atoms with E-state index in [0.717, 1.165) is 33.3 Å². The largest absolute Gasteiger partial charge is 0.492 e. The van der Waals surface area contributed by atoms with Gasteiger partial charge >= 0.3 is 0 Å². The van der Waals surface area contributed by atoms with Crippen molar-refractivity contribution in [1.82, 2.24) is 4.98 Å². The van der Waals surface area contributed by atoms with E-state index < -0.39 is 0 Å². The first-order valence-electron chi connectivity index (χ1n) is 10.2. The fraction of sp³-hybridized carbons (Fsp3) is 0.148. The van der Waals surface area contributed by atoms with E-state index in [0.29, 0.717) is 25.0 Å². The molecule has 4 rings (SSSR count). The van der Waals surface area contributed by atoms with Crippen LogP contribution in [0.2, 0.25) is 0 Å². The van der Waals surface area contributed by atoms with E-state index in [4.69, 9.17) is 4.74 Å². The molecule has 1 aromatic heterocycles. The van der Waals surface area contributed by atoms with Gasteiger partial charge in [0, 0.05) is 11.3 Å². The summed E-state index contributed by atoms with van der Waals surface area (Å²) >= 11 is 0. The van der Waals surface area contributed by atoms with Crippen LogP contribution in [0, 0.1) is 23.5 Å². The minimum absolute atomic E-state index is 0.271. The topological polar surface area (TPSA) is 22.1 Å². The fourth-order valence-corrected chi connectivity index (χ4v) is 3.33. The SMILES string of the molecule is CCOc1ccc(CCc2ccc(C#Cc3ccc4cc(F)ccc4c3)c(F)c2)nc1. The van der Waals surface area contributed by atoms with Gasteiger partial charge in [-0.05, 0) is 84.6 Å². The van der Waals surface area contributed by atoms with Gasteiger partial charge in [0.25, 0.3) is 0 Å². The van der Waals surface area contributed by atoms with Crippen molar-refractivity contribution in [3.63, 3.8) is 0 Å². The first kappa shape index (κ1) is 20.6. The molecule has 31 heavy (non-hydrogen) atoms. The van der Waals surface area contributed by atoms with Gasteiger partial charge in [0.1, 0.15) is 17.4 Å². The minimum Gasteiger partial charge on any atom is -0.492 e. The normalized spacial score (nSPS) is 10.5. The second-order valence-corrected chi connectivity index (χ2v) is 7.19. The van der Waals surface area contributed by atoms with Gasteiger partial charge < -0.3 is 4.74 Å². The number of aromatic nitrogens is 1. The fourth-order valence-electron chi connectivity index (χ4n) is 3.33. The number of ether oxygens (including phenoxy) is 1. The third-order valence-electron chi connectivity index (χ3n) is 4.96. The Morgan fingerprint density at radius 2 is 1.68 bits per heavy atom. The van der Waals surface area contributed by atoms with Crippen LogP contribution in [0.1, 0.15) is 29.3 Å². The molecule has 0 aliphatic rings. The molecule has 0 saturated heterocycles. The van der Waals surface area contributed by atoms with Crippen molar-refractivity contribution in [2.24, 2.45) is 0 Å². The smallest absolute Gasteiger partial charge is 0.139 e. The Balaban J connectivity index is 1.44. The zero-order valence-corrected chi connectivity index (χ0v) is 17.2. The second-order valence-electron chi connectivity index (χ2n) is 7.19. The summed E-state index contributed by atoms with van der Waals surface area (Å²) in [4.78, 5) is 4.38. The third-order valence-corrected chi connectivity index (χ3v) is 4.96. The van der Waals surface area contributed by atoms with E-state index in [9.17, 15) is 8.78 Å². The molecule has 0 aliphatic heterocycles. The van der Waals surface area contributed by atoms with Crippen LogP contribution in [-0.2, 0) is 12.8 Å². The van der Waals surface area contributed by atoms with Crippen molar-refractivity contribution in [2.45, 2.75) is 19.8 Å². The molecule has 0 atom stereocenters. The molecule has 3 aromatic carbocycles. The molecule has 0 radical (unpaired) electrons. The standard InChI is InChI=1S/C27H21F2NO/c1-2-31-26-14-13-25(30-18-26)12-6-20-4-8-21(27(29)16-20)7-3-19-5-9-23-17-24(28)11-10-22(23)15-19/h4-5,8-11,13-18H,2,6,12H2,1H3. The predicted molar refractivity (Wildman–Crippen MR) is 119 cm³/mol. The first-order chi connectivity index (χ1) is 15.1. The average Bonchev–Trinajstić information content (AvgIpc) is 2.78. The molecule has 0 aliphatic carbocycles. The summed E-state index contributed by atoms with van der Waals surface area (Å²) in [6.07, 6.45) is 3.11. The molecule has 2 nitrogen and oxygen atoms in total. The van der Waals surface area contributed by atoms with Gasteiger partial charge in [-0.25, -0.2) is 8.78 Å². The van der Waals surface area contributed by atoms with E-state index in [1.807, 2.05) is 43.3 Å². The molecule has 0 spiro atoms. The van der Waals surface area contributed by atoms with Gasteiger partial charge in [-0.2, -0.15) is 0 Å². The van der Waals surface area contributed by atoms with E-state index in [1.54, 1.807) is 18.3 Å². The maximum Gasteiger partial charge on any atom is 0.139 e. The predicted octanol–water partition coefficient (Wildman–Crippen LogP) is 6.10. The number of benzene rings is 3. The van der Waals surface area contributed by atoms with Crippen molar-refractivity contribution in [3.05, 3.63) is 107 Å². The number of halogens is 2. The Labute approximate surface area is 180 Å². The summed E-state index contributed by atoms with van der Waals surface area (Å²) in [7, 11) is 0. The van der Waals surface area contributed by atoms with E-state index in [2.05, 4.69) is 16.8 Å². The first-order valence-corrected chi connectivity index (χ1v) is 10.2. The number of hydrogen-bond donors (Lipinski definition) is 0. The lowest BCUT2D eigenvalue weighted by Crippen LogP contribution is -1.97. The molecule has 0 unspecified atom stereocenters. The van der Waals surface area contributed by atoms with Crippen LogP contribution in [0.5, 0.6) is 5.75 Å². The molecule has 0 amide bonds. The highest BCUT2D eigenvalue weighted by Crippen LogP contribution is 2.18. The molecule has 0 saturated carbocycles. The highest BCUT2D eigenvalue weighted by atomic mass is 19.1. The third kappa shape index (κ3) is 5.26. The van der Waals surface area contributed by atoms with Crippen molar-refractivity contribution >= 4 is 10.8 Å². The van der Waals surface area contributed by atoms with E-state index in [1.165, 1.54) is 18.2 Å². The van der Waals surface area contributed by atoms with Crippen LogP contribution in [0.25, 0.3) is 10.8 Å². The minimum atomic E-state index is -0.340. The van der Waals surface area contributed by atoms with Crippen LogP contribution >= 0.6 is 0 Å². The van der Waals surface area contributed by atoms with Crippen LogP contribution in [-0.4, -0.2) is 11.6 Å². The van der Waals surface area contributed by atoms with Gasteiger partial charge in [0.2, 0.25) is 0 Å². The number of aryl methyl sites for hydroxylation is 2. The van der Waals surface area contributed by atoms with Crippen LogP contribution in [0.4, 0.5) is 8.78 Å². The van der Waals surface area contributed by atoms with Gasteiger partial charge in [-0.15, -0.1) is 0 Å². The van der Waals surface area contributed by atoms with Crippen molar-refractivity contribution in [3.8, 4) is 17.6 Å². The average molecular weight is 413 g/mol. The van der Waals surface area contributed by atoms with Crippen molar-refractivity contribution < 1.29 is 13.5 Å². The van der Waals surface area contributed by atoms with Crippen molar-refractivity contribution in [1.29, 1.82) is 0 Å². The second kappa shape index (κ2) is 9.40. The Hall–Kier alpha value is -3.71. The number of pyridine rings is 1. The quantitative estimate of drug-likeness (QED) is 0.369. The Morgan fingerprint density at radius 1 is 0.839 bits per heavy atom. The van der Waals surface area contributed by atoms with Crippen LogP contribution in [0.3, 0.4) is 0 Å². The molecule has 154 valence electrons. The molecular formula is C27H21F2NO. The maximum absolute atomic E-state index is 14.5. The summed E-state index contributed by atoms with van der Waals surface area (Å²) in [6.45, 7) is 2.54. The summed E-state index contributed by atoms with van der Waals surface area (Å²) in [5.74, 6) is 6.03. The lowest BCUT2D eigenvalue weighted by molar-refractivity contribution is 0.338. The Kier molecular flexibility index (Phi) is 6.24. The lowest BCUT2D eigenvalue weighted by atomic mass is 10.0.